The van der Waals surface area contributed by atoms with Gasteiger partial charge in [0.25, 0.3) is 0 Å². The Morgan fingerprint density at radius 3 is 2.75 bits per heavy atom. The summed E-state index contributed by atoms with van der Waals surface area (Å²) in [6, 6.07) is 5.82. The van der Waals surface area contributed by atoms with E-state index in [9.17, 15) is 10.2 Å². The van der Waals surface area contributed by atoms with Gasteiger partial charge in [0, 0.05) is 0 Å². The lowest BCUT2D eigenvalue weighted by molar-refractivity contribution is 0.0153. The van der Waals surface area contributed by atoms with Crippen LogP contribution >= 0.6 is 0 Å². The number of aromatic hydroxyl groups is 1. The van der Waals surface area contributed by atoms with Crippen molar-refractivity contribution in [1.29, 1.82) is 0 Å². The van der Waals surface area contributed by atoms with E-state index >= 15 is 0 Å². The maximum Gasteiger partial charge on any atom is 0.115 e. The summed E-state index contributed by atoms with van der Waals surface area (Å²) in [5.41, 5.74) is 2.82. The Labute approximate surface area is 121 Å². The van der Waals surface area contributed by atoms with E-state index < -0.39 is 0 Å². The first-order valence-corrected chi connectivity index (χ1v) is 8.03. The quantitative estimate of drug-likeness (QED) is 0.863. The predicted octanol–water partition coefficient (Wildman–Crippen LogP) is 3.68. The molecule has 0 bridgehead atoms. The van der Waals surface area contributed by atoms with Gasteiger partial charge in [-0.3, -0.25) is 0 Å². The number of benzene rings is 1. The molecule has 0 unspecified atom stereocenters. The molecule has 1 aromatic carbocycles. The third-order valence-corrected chi connectivity index (χ3v) is 6.15. The largest absolute Gasteiger partial charge is 0.508 e. The van der Waals surface area contributed by atoms with E-state index in [1.807, 2.05) is 12.1 Å². The zero-order chi connectivity index (χ0) is 14.3. The second kappa shape index (κ2) is 5.07. The van der Waals surface area contributed by atoms with Gasteiger partial charge in [-0.25, -0.2) is 0 Å². The topological polar surface area (TPSA) is 40.5 Å². The molecule has 2 aliphatic carbocycles. The van der Waals surface area contributed by atoms with Crippen molar-refractivity contribution < 1.29 is 10.2 Å². The van der Waals surface area contributed by atoms with E-state index in [-0.39, 0.29) is 11.5 Å². The summed E-state index contributed by atoms with van der Waals surface area (Å²) in [7, 11) is 0. The predicted molar refractivity (Wildman–Crippen MR) is 80.8 cm³/mol. The van der Waals surface area contributed by atoms with Crippen LogP contribution in [0.5, 0.6) is 5.75 Å². The molecule has 2 aliphatic rings. The summed E-state index contributed by atoms with van der Waals surface area (Å²) in [6.45, 7) is 4.50. The number of hydrogen-bond donors (Lipinski definition) is 2. The van der Waals surface area contributed by atoms with Crippen LogP contribution in [-0.2, 0) is 12.8 Å². The molecule has 2 nitrogen and oxygen atoms in total. The third kappa shape index (κ3) is 2.14. The highest BCUT2D eigenvalue weighted by atomic mass is 16.3. The molecular formula is C18H26O2. The van der Waals surface area contributed by atoms with E-state index in [4.69, 9.17) is 0 Å². The van der Waals surface area contributed by atoms with Crippen LogP contribution in [0.2, 0.25) is 0 Å². The van der Waals surface area contributed by atoms with Crippen LogP contribution < -0.4 is 0 Å². The van der Waals surface area contributed by atoms with Crippen LogP contribution in [0.4, 0.5) is 0 Å². The number of aryl methyl sites for hydroxylation is 1. The van der Waals surface area contributed by atoms with E-state index in [0.717, 1.165) is 25.7 Å². The van der Waals surface area contributed by atoms with Gasteiger partial charge >= 0.3 is 0 Å². The first-order chi connectivity index (χ1) is 9.54. The summed E-state index contributed by atoms with van der Waals surface area (Å²) in [5, 5.41) is 19.9. The van der Waals surface area contributed by atoms with Crippen molar-refractivity contribution in [1.82, 2.24) is 0 Å². The lowest BCUT2D eigenvalue weighted by Gasteiger charge is -2.40. The van der Waals surface area contributed by atoms with Crippen molar-refractivity contribution in [3.05, 3.63) is 29.3 Å². The van der Waals surface area contributed by atoms with Crippen LogP contribution in [0.25, 0.3) is 0 Å². The molecule has 1 aromatic rings. The third-order valence-electron chi connectivity index (χ3n) is 6.15. The molecule has 1 fully saturated rings. The number of rotatable bonds is 2. The van der Waals surface area contributed by atoms with Gasteiger partial charge in [0.05, 0.1) is 6.10 Å². The minimum Gasteiger partial charge on any atom is -0.508 e. The lowest BCUT2D eigenvalue weighted by atomic mass is 9.66. The molecule has 0 amide bonds. The molecule has 2 heteroatoms. The van der Waals surface area contributed by atoms with Crippen LogP contribution in [0.1, 0.15) is 50.7 Å². The van der Waals surface area contributed by atoms with Crippen molar-refractivity contribution in [2.24, 2.45) is 17.3 Å². The number of phenols is 1. The maximum atomic E-state index is 10.3. The molecule has 2 N–H and O–H groups in total. The Kier molecular flexibility index (Phi) is 3.53. The molecule has 4 atom stereocenters. The fourth-order valence-electron chi connectivity index (χ4n) is 4.63. The molecule has 110 valence electrons. The van der Waals surface area contributed by atoms with Gasteiger partial charge in [0.15, 0.2) is 0 Å². The molecule has 0 saturated heterocycles. The standard InChI is InChI=1S/C18H26O2/c1-3-18(2)16(8-9-17(18)20)14-5-4-13-11-15(19)7-6-12(13)10-14/h6-7,11,14,16-17,19-20H,3-5,8-10H2,1-2H3/t14-,16+,17-,18+/m1/s1. The van der Waals surface area contributed by atoms with Gasteiger partial charge in [-0.05, 0) is 79.0 Å². The normalized spacial score (nSPS) is 36.9. The molecular weight excluding hydrogens is 248 g/mol. The summed E-state index contributed by atoms with van der Waals surface area (Å²) < 4.78 is 0. The van der Waals surface area contributed by atoms with Crippen molar-refractivity contribution in [3.8, 4) is 5.75 Å². The molecule has 20 heavy (non-hydrogen) atoms. The highest BCUT2D eigenvalue weighted by Gasteiger charge is 2.47. The number of aliphatic hydroxyl groups is 1. The minimum absolute atomic E-state index is 0.0963. The molecule has 0 aromatic heterocycles. The zero-order valence-corrected chi connectivity index (χ0v) is 12.6. The number of phenolic OH excluding ortho intramolecular Hbond substituents is 1. The van der Waals surface area contributed by atoms with Gasteiger partial charge in [-0.1, -0.05) is 19.9 Å². The van der Waals surface area contributed by atoms with E-state index in [1.54, 1.807) is 0 Å². The smallest absolute Gasteiger partial charge is 0.115 e. The molecule has 1 saturated carbocycles. The molecule has 0 aliphatic heterocycles. The average Bonchev–Trinajstić information content (AvgIpc) is 2.75. The second-order valence-electron chi connectivity index (χ2n) is 7.01. The zero-order valence-electron chi connectivity index (χ0n) is 12.6. The van der Waals surface area contributed by atoms with Gasteiger partial charge in [0.2, 0.25) is 0 Å². The number of hydrogen-bond acceptors (Lipinski definition) is 2. The lowest BCUT2D eigenvalue weighted by Crippen LogP contribution is -2.37. The fourth-order valence-corrected chi connectivity index (χ4v) is 4.63. The SMILES string of the molecule is CC[C@]1(C)[C@H](O)CC[C@H]1[C@@H]1CCc2cc(O)ccc2C1. The second-order valence-corrected chi connectivity index (χ2v) is 7.01. The fraction of sp³-hybridized carbons (Fsp3) is 0.667. The Hall–Kier alpha value is -1.02. The van der Waals surface area contributed by atoms with Crippen LogP contribution in [-0.4, -0.2) is 16.3 Å². The average molecular weight is 274 g/mol. The van der Waals surface area contributed by atoms with Crippen LogP contribution in [0, 0.1) is 17.3 Å². The van der Waals surface area contributed by atoms with Gasteiger partial charge in [0.1, 0.15) is 5.75 Å². The van der Waals surface area contributed by atoms with Crippen molar-refractivity contribution in [2.75, 3.05) is 0 Å². The Morgan fingerprint density at radius 2 is 2.00 bits per heavy atom. The Morgan fingerprint density at radius 1 is 1.20 bits per heavy atom. The van der Waals surface area contributed by atoms with Crippen LogP contribution in [0.15, 0.2) is 18.2 Å². The molecule has 0 spiro atoms. The summed E-state index contributed by atoms with van der Waals surface area (Å²) in [5.74, 6) is 1.72. The van der Waals surface area contributed by atoms with E-state index in [1.165, 1.54) is 24.0 Å². The van der Waals surface area contributed by atoms with Crippen molar-refractivity contribution >= 4 is 0 Å². The first-order valence-electron chi connectivity index (χ1n) is 8.03. The summed E-state index contributed by atoms with van der Waals surface area (Å²) >= 11 is 0. The van der Waals surface area contributed by atoms with E-state index in [0.29, 0.717) is 17.6 Å². The minimum atomic E-state index is -0.126. The number of fused-ring (bicyclic) bond motifs is 1. The van der Waals surface area contributed by atoms with E-state index in [2.05, 4.69) is 19.9 Å². The maximum absolute atomic E-state index is 10.3. The molecule has 0 radical (unpaired) electrons. The Bertz CT molecular complexity index is 496. The van der Waals surface area contributed by atoms with Gasteiger partial charge < -0.3 is 10.2 Å². The molecule has 0 heterocycles. The Balaban J connectivity index is 1.82. The highest BCUT2D eigenvalue weighted by molar-refractivity contribution is 5.36. The summed E-state index contributed by atoms with van der Waals surface area (Å²) in [6.07, 6.45) is 6.46. The van der Waals surface area contributed by atoms with Gasteiger partial charge in [-0.15, -0.1) is 0 Å². The van der Waals surface area contributed by atoms with Crippen molar-refractivity contribution in [3.63, 3.8) is 0 Å². The number of aliphatic hydroxyl groups excluding tert-OH is 1. The van der Waals surface area contributed by atoms with Crippen LogP contribution in [0.3, 0.4) is 0 Å². The van der Waals surface area contributed by atoms with Gasteiger partial charge in [-0.2, -0.15) is 0 Å². The highest BCUT2D eigenvalue weighted by Crippen LogP contribution is 2.51. The van der Waals surface area contributed by atoms with Crippen molar-refractivity contribution in [2.45, 2.75) is 58.5 Å². The first kappa shape index (κ1) is 13.9. The summed E-state index contributed by atoms with van der Waals surface area (Å²) in [4.78, 5) is 0. The molecule has 3 rings (SSSR count). The monoisotopic (exact) mass is 274 g/mol.